The fraction of sp³-hybridized carbons (Fsp3) is 0.448. The number of hydrogen-bond acceptors (Lipinski definition) is 6. The molecule has 4 aromatic rings. The molecule has 0 radical (unpaired) electrons. The molecule has 0 bridgehead atoms. The Morgan fingerprint density at radius 3 is 2.44 bits per heavy atom. The van der Waals surface area contributed by atoms with Gasteiger partial charge in [-0.2, -0.15) is 5.10 Å². The SMILES string of the molecule is C1CC1.CCC1CCO1.CCc1ccc(C)cn1.COc1cnn(C)c1-c1cc2cc(NC=O)nn2cc1F. The highest BCUT2D eigenvalue weighted by Crippen LogP contribution is 2.32. The van der Waals surface area contributed by atoms with E-state index in [0.717, 1.165) is 13.0 Å². The van der Waals surface area contributed by atoms with E-state index in [1.165, 1.54) is 72.1 Å². The maximum atomic E-state index is 14.3. The van der Waals surface area contributed by atoms with Crippen molar-refractivity contribution in [2.45, 2.75) is 65.4 Å². The van der Waals surface area contributed by atoms with Gasteiger partial charge in [0.1, 0.15) is 5.69 Å². The fourth-order valence-electron chi connectivity index (χ4n) is 3.51. The zero-order chi connectivity index (χ0) is 28.2. The number of carbonyl (C=O) groups is 1. The lowest BCUT2D eigenvalue weighted by molar-refractivity contribution is -0.105. The van der Waals surface area contributed by atoms with Gasteiger partial charge in [-0.05, 0) is 43.9 Å². The zero-order valence-electron chi connectivity index (χ0n) is 23.5. The first-order valence-electron chi connectivity index (χ1n) is 13.4. The highest BCUT2D eigenvalue weighted by atomic mass is 19.1. The first kappa shape index (κ1) is 29.8. The van der Waals surface area contributed by atoms with Gasteiger partial charge in [0.15, 0.2) is 17.4 Å². The van der Waals surface area contributed by atoms with Gasteiger partial charge in [-0.3, -0.25) is 14.5 Å². The lowest BCUT2D eigenvalue weighted by atomic mass is 10.1. The number of nitrogens with one attached hydrogen (secondary N) is 1. The highest BCUT2D eigenvalue weighted by Gasteiger charge is 2.17. The van der Waals surface area contributed by atoms with Crippen LogP contribution in [0.5, 0.6) is 5.75 Å². The first-order valence-corrected chi connectivity index (χ1v) is 13.4. The molecule has 1 saturated carbocycles. The molecule has 1 aliphatic heterocycles. The molecule has 2 fully saturated rings. The van der Waals surface area contributed by atoms with Gasteiger partial charge in [0.2, 0.25) is 6.41 Å². The van der Waals surface area contributed by atoms with E-state index in [9.17, 15) is 9.18 Å². The quantitative estimate of drug-likeness (QED) is 0.314. The zero-order valence-corrected chi connectivity index (χ0v) is 23.5. The Hall–Kier alpha value is -3.79. The standard InChI is InChI=1S/C13H12FN5O2.C8H11N.C5H10O.C3H6/c1-18-13(11(21-2)5-16-18)9-3-8-4-12(15-7-20)17-19(8)6-10(9)14;1-3-8-5-4-7(2)6-9-8;1-2-5-3-4-6-5;1-2-3-1/h3-7H,1-2H3,(H,15,17,20);4-6H,3H2,1-2H3;5H,2-4H2,1H3;1-3H2. The normalized spacial score (nSPS) is 14.9. The topological polar surface area (TPSA) is 95.6 Å². The highest BCUT2D eigenvalue weighted by molar-refractivity contribution is 5.75. The van der Waals surface area contributed by atoms with Gasteiger partial charge in [0, 0.05) is 37.2 Å². The van der Waals surface area contributed by atoms with Crippen molar-refractivity contribution < 1.29 is 18.7 Å². The summed E-state index contributed by atoms with van der Waals surface area (Å²) in [6.07, 6.45) is 13.8. The third kappa shape index (κ3) is 8.88. The molecular formula is C29H39FN6O3. The Bertz CT molecular complexity index is 1310. The predicted molar refractivity (Wildman–Crippen MR) is 150 cm³/mol. The van der Waals surface area contributed by atoms with E-state index in [1.54, 1.807) is 19.2 Å². The molecule has 1 unspecified atom stereocenters. The largest absolute Gasteiger partial charge is 0.493 e. The van der Waals surface area contributed by atoms with Crippen LogP contribution in [0, 0.1) is 12.7 Å². The summed E-state index contributed by atoms with van der Waals surface area (Å²) in [5.41, 5.74) is 3.91. The van der Waals surface area contributed by atoms with Crippen LogP contribution in [0.4, 0.5) is 10.2 Å². The second kappa shape index (κ2) is 15.0. The minimum Gasteiger partial charge on any atom is -0.493 e. The minimum atomic E-state index is -0.467. The van der Waals surface area contributed by atoms with Gasteiger partial charge < -0.3 is 14.8 Å². The number of pyridine rings is 2. The smallest absolute Gasteiger partial charge is 0.212 e. The van der Waals surface area contributed by atoms with Crippen LogP contribution in [-0.2, 0) is 23.0 Å². The molecule has 1 amide bonds. The predicted octanol–water partition coefficient (Wildman–Crippen LogP) is 5.76. The van der Waals surface area contributed by atoms with Crippen molar-refractivity contribution in [2.24, 2.45) is 7.05 Å². The lowest BCUT2D eigenvalue weighted by Gasteiger charge is -2.24. The Balaban J connectivity index is 0.000000189. The maximum Gasteiger partial charge on any atom is 0.212 e. The molecule has 0 spiro atoms. The van der Waals surface area contributed by atoms with Gasteiger partial charge in [0.25, 0.3) is 0 Å². The number of amides is 1. The number of ether oxygens (including phenoxy) is 2. The summed E-state index contributed by atoms with van der Waals surface area (Å²) in [6.45, 7) is 7.31. The summed E-state index contributed by atoms with van der Waals surface area (Å²) in [7, 11) is 3.21. The fourth-order valence-corrected chi connectivity index (χ4v) is 3.51. The van der Waals surface area contributed by atoms with Gasteiger partial charge in [-0.15, -0.1) is 5.10 Å². The van der Waals surface area contributed by atoms with Crippen molar-refractivity contribution in [3.05, 3.63) is 59.9 Å². The number of aromatic nitrogens is 5. The summed E-state index contributed by atoms with van der Waals surface area (Å²) in [4.78, 5) is 14.6. The Labute approximate surface area is 229 Å². The monoisotopic (exact) mass is 538 g/mol. The van der Waals surface area contributed by atoms with E-state index < -0.39 is 5.82 Å². The van der Waals surface area contributed by atoms with E-state index in [-0.39, 0.29) is 0 Å². The summed E-state index contributed by atoms with van der Waals surface area (Å²) >= 11 is 0. The molecule has 1 saturated heterocycles. The number of nitrogens with zero attached hydrogens (tertiary/aromatic N) is 5. The van der Waals surface area contributed by atoms with Crippen LogP contribution in [0.2, 0.25) is 0 Å². The van der Waals surface area contributed by atoms with Gasteiger partial charge in [-0.1, -0.05) is 39.2 Å². The molecule has 4 aromatic heterocycles. The summed E-state index contributed by atoms with van der Waals surface area (Å²) in [5.74, 6) is 0.357. The number of fused-ring (bicyclic) bond motifs is 1. The first-order chi connectivity index (χ1) is 18.9. The second-order valence-corrected chi connectivity index (χ2v) is 9.31. The van der Waals surface area contributed by atoms with Crippen LogP contribution in [0.1, 0.15) is 57.2 Å². The van der Waals surface area contributed by atoms with E-state index in [2.05, 4.69) is 46.5 Å². The molecule has 1 atom stereocenters. The van der Waals surface area contributed by atoms with Gasteiger partial charge in [0.05, 0.1) is 31.1 Å². The van der Waals surface area contributed by atoms with Crippen molar-refractivity contribution >= 4 is 17.7 Å². The average molecular weight is 539 g/mol. The minimum absolute atomic E-state index is 0.344. The lowest BCUT2D eigenvalue weighted by Crippen LogP contribution is -2.25. The number of methoxy groups -OCH3 is 1. The van der Waals surface area contributed by atoms with Crippen LogP contribution >= 0.6 is 0 Å². The van der Waals surface area contributed by atoms with Crippen molar-refractivity contribution in [3.63, 3.8) is 0 Å². The van der Waals surface area contributed by atoms with Crippen molar-refractivity contribution in [2.75, 3.05) is 19.0 Å². The van der Waals surface area contributed by atoms with Crippen molar-refractivity contribution in [1.82, 2.24) is 24.4 Å². The molecule has 2 aliphatic rings. The van der Waals surface area contributed by atoms with Crippen LogP contribution in [-0.4, -0.2) is 50.6 Å². The van der Waals surface area contributed by atoms with Crippen LogP contribution in [0.3, 0.4) is 0 Å². The van der Waals surface area contributed by atoms with Crippen LogP contribution in [0.25, 0.3) is 16.8 Å². The Morgan fingerprint density at radius 1 is 1.21 bits per heavy atom. The summed E-state index contributed by atoms with van der Waals surface area (Å²) < 4.78 is 27.5. The van der Waals surface area contributed by atoms with Crippen LogP contribution < -0.4 is 10.1 Å². The summed E-state index contributed by atoms with van der Waals surface area (Å²) in [6, 6.07) is 7.42. The van der Waals surface area contributed by atoms with Gasteiger partial charge in [-0.25, -0.2) is 8.91 Å². The number of hydrogen-bond donors (Lipinski definition) is 1. The number of aryl methyl sites for hydroxylation is 3. The molecule has 39 heavy (non-hydrogen) atoms. The molecule has 1 aliphatic carbocycles. The van der Waals surface area contributed by atoms with Crippen molar-refractivity contribution in [3.8, 4) is 17.0 Å². The molecule has 0 aromatic carbocycles. The molecule has 5 heterocycles. The molecule has 210 valence electrons. The number of halogens is 1. The second-order valence-electron chi connectivity index (χ2n) is 9.31. The number of anilines is 1. The van der Waals surface area contributed by atoms with Gasteiger partial charge >= 0.3 is 0 Å². The Morgan fingerprint density at radius 2 is 1.95 bits per heavy atom. The molecule has 6 rings (SSSR count). The van der Waals surface area contributed by atoms with Crippen molar-refractivity contribution in [1.29, 1.82) is 0 Å². The molecule has 10 heteroatoms. The number of carbonyl (C=O) groups excluding carboxylic acids is 1. The van der Waals surface area contributed by atoms with E-state index in [0.29, 0.717) is 40.9 Å². The van der Waals surface area contributed by atoms with E-state index in [4.69, 9.17) is 9.47 Å². The van der Waals surface area contributed by atoms with Crippen LogP contribution in [0.15, 0.2) is 42.9 Å². The molecule has 1 N–H and O–H groups in total. The number of rotatable bonds is 6. The molecule has 9 nitrogen and oxygen atoms in total. The third-order valence-electron chi connectivity index (χ3n) is 6.07. The van der Waals surface area contributed by atoms with E-state index >= 15 is 0 Å². The third-order valence-corrected chi connectivity index (χ3v) is 6.07. The maximum absolute atomic E-state index is 14.3. The molecular weight excluding hydrogens is 499 g/mol. The Kier molecular flexibility index (Phi) is 11.4. The van der Waals surface area contributed by atoms with E-state index in [1.807, 2.05) is 13.1 Å². The average Bonchev–Trinajstić information content (AvgIpc) is 3.67. The summed E-state index contributed by atoms with van der Waals surface area (Å²) in [5, 5.41) is 10.5.